The lowest BCUT2D eigenvalue weighted by molar-refractivity contribution is 0.0557. The fourth-order valence-electron chi connectivity index (χ4n) is 3.83. The predicted molar refractivity (Wildman–Crippen MR) is 125 cm³/mol. The number of nitrogens with zero attached hydrogens (tertiary/aromatic N) is 1. The first kappa shape index (κ1) is 22.9. The zero-order valence-electron chi connectivity index (χ0n) is 17.2. The van der Waals surface area contributed by atoms with Gasteiger partial charge in [-0.05, 0) is 48.2 Å². The number of benzene rings is 3. The van der Waals surface area contributed by atoms with Crippen molar-refractivity contribution in [2.75, 3.05) is 0 Å². The van der Waals surface area contributed by atoms with Gasteiger partial charge in [0.05, 0.1) is 0 Å². The van der Waals surface area contributed by atoms with Crippen molar-refractivity contribution in [3.63, 3.8) is 0 Å². The van der Waals surface area contributed by atoms with Crippen molar-refractivity contribution in [2.24, 2.45) is 0 Å². The molecule has 32 heavy (non-hydrogen) atoms. The highest BCUT2D eigenvalue weighted by atomic mass is 79.9. The minimum Gasteiger partial charge on any atom is -0.343 e. The van der Waals surface area contributed by atoms with Crippen LogP contribution in [0.4, 0.5) is 8.78 Å². The zero-order chi connectivity index (χ0) is 23.1. The Hall–Kier alpha value is -2.31. The van der Waals surface area contributed by atoms with Gasteiger partial charge in [-0.3, -0.25) is 4.57 Å². The Morgan fingerprint density at radius 1 is 1.00 bits per heavy atom. The minimum absolute atomic E-state index is 0.0415. The number of aromatic nitrogens is 1. The first-order valence-electron chi connectivity index (χ1n) is 9.91. The first-order chi connectivity index (χ1) is 15.1. The van der Waals surface area contributed by atoms with Crippen molar-refractivity contribution in [1.29, 1.82) is 0 Å². The molecule has 4 rings (SSSR count). The average molecular weight is 520 g/mol. The molecule has 0 atom stereocenters. The lowest BCUT2D eigenvalue weighted by atomic mass is 10.0. The molecule has 3 aromatic carbocycles. The van der Waals surface area contributed by atoms with Crippen molar-refractivity contribution in [3.8, 4) is 0 Å². The summed E-state index contributed by atoms with van der Waals surface area (Å²) >= 11 is 3.06. The van der Waals surface area contributed by atoms with Crippen molar-refractivity contribution in [2.45, 2.75) is 25.6 Å². The van der Waals surface area contributed by atoms with Crippen LogP contribution in [0.5, 0.6) is 0 Å². The predicted octanol–water partition coefficient (Wildman–Crippen LogP) is 6.58. The highest BCUT2D eigenvalue weighted by molar-refractivity contribution is 9.10. The summed E-state index contributed by atoms with van der Waals surface area (Å²) in [5.74, 6) is 0. The highest BCUT2D eigenvalue weighted by Gasteiger charge is 2.51. The molecule has 0 bridgehead atoms. The molecule has 1 heterocycles. The third-order valence-corrected chi connectivity index (χ3v) is 7.06. The molecule has 166 valence electrons. The van der Waals surface area contributed by atoms with Crippen LogP contribution in [-0.2, 0) is 23.2 Å². The Morgan fingerprint density at radius 3 is 2.38 bits per heavy atom. The number of rotatable bonds is 6. The van der Waals surface area contributed by atoms with Crippen molar-refractivity contribution < 1.29 is 23.1 Å². The molecule has 0 aliphatic rings. The molecule has 0 aliphatic heterocycles. The van der Waals surface area contributed by atoms with Gasteiger partial charge in [0.15, 0.2) is 0 Å². The standard InChI is InChI=1S/C24H21BrF2NO3P/c1-16-7-10-23-20(11-16)19(12-17-5-3-2-4-6-17)15-28(23)14-18-8-9-21(22(25)13-18)24(26,27)32(29,30)31/h2-11,13,15H,12,14H2,1H3,(H2,29,30,31). The molecular weight excluding hydrogens is 499 g/mol. The van der Waals surface area contributed by atoms with Crippen LogP contribution in [0.3, 0.4) is 0 Å². The highest BCUT2D eigenvalue weighted by Crippen LogP contribution is 2.60. The van der Waals surface area contributed by atoms with Gasteiger partial charge in [0.2, 0.25) is 0 Å². The average Bonchev–Trinajstić information content (AvgIpc) is 3.04. The summed E-state index contributed by atoms with van der Waals surface area (Å²) in [6.07, 6.45) is 2.84. The molecule has 8 heteroatoms. The summed E-state index contributed by atoms with van der Waals surface area (Å²) in [5, 5.41) is 1.14. The third kappa shape index (κ3) is 4.44. The van der Waals surface area contributed by atoms with E-state index in [-0.39, 0.29) is 4.47 Å². The smallest absolute Gasteiger partial charge is 0.343 e. The van der Waals surface area contributed by atoms with Crippen LogP contribution in [0.25, 0.3) is 10.9 Å². The third-order valence-electron chi connectivity index (χ3n) is 5.43. The van der Waals surface area contributed by atoms with Gasteiger partial charge in [0, 0.05) is 33.7 Å². The van der Waals surface area contributed by atoms with E-state index in [0.29, 0.717) is 6.54 Å². The van der Waals surface area contributed by atoms with Gasteiger partial charge >= 0.3 is 13.3 Å². The maximum Gasteiger partial charge on any atom is 0.399 e. The minimum atomic E-state index is -5.64. The molecule has 0 unspecified atom stereocenters. The second-order valence-electron chi connectivity index (χ2n) is 7.86. The van der Waals surface area contributed by atoms with Gasteiger partial charge in [-0.1, -0.05) is 70.0 Å². The number of hydrogen-bond donors (Lipinski definition) is 2. The van der Waals surface area contributed by atoms with Gasteiger partial charge < -0.3 is 14.4 Å². The van der Waals surface area contributed by atoms with Crippen molar-refractivity contribution >= 4 is 34.4 Å². The van der Waals surface area contributed by atoms with Gasteiger partial charge in [0.1, 0.15) is 0 Å². The van der Waals surface area contributed by atoms with Gasteiger partial charge in [-0.25, -0.2) is 0 Å². The van der Waals surface area contributed by atoms with Crippen molar-refractivity contribution in [3.05, 3.63) is 105 Å². The van der Waals surface area contributed by atoms with Crippen LogP contribution < -0.4 is 0 Å². The molecule has 0 amide bonds. The maximum absolute atomic E-state index is 14.1. The Labute approximate surface area is 192 Å². The Morgan fingerprint density at radius 2 is 1.72 bits per heavy atom. The van der Waals surface area contributed by atoms with E-state index in [4.69, 9.17) is 9.79 Å². The summed E-state index contributed by atoms with van der Waals surface area (Å²) in [6.45, 7) is 2.47. The fraction of sp³-hybridized carbons (Fsp3) is 0.167. The van der Waals surface area contributed by atoms with Crippen LogP contribution in [0, 0.1) is 6.92 Å². The van der Waals surface area contributed by atoms with Crippen LogP contribution in [0.2, 0.25) is 0 Å². The molecule has 0 spiro atoms. The topological polar surface area (TPSA) is 62.5 Å². The van der Waals surface area contributed by atoms with E-state index in [1.807, 2.05) is 37.3 Å². The van der Waals surface area contributed by atoms with Crippen LogP contribution in [0.15, 0.2) is 77.4 Å². The van der Waals surface area contributed by atoms with E-state index in [1.54, 1.807) is 0 Å². The monoisotopic (exact) mass is 519 g/mol. The summed E-state index contributed by atoms with van der Waals surface area (Å²) in [5.41, 5.74) is 0.278. The molecule has 0 radical (unpaired) electrons. The largest absolute Gasteiger partial charge is 0.399 e. The first-order valence-corrected chi connectivity index (χ1v) is 12.3. The second kappa shape index (κ2) is 8.56. The fourth-order valence-corrected chi connectivity index (χ4v) is 5.16. The van der Waals surface area contributed by atoms with Crippen LogP contribution in [0.1, 0.15) is 27.8 Å². The van der Waals surface area contributed by atoms with Gasteiger partial charge in [-0.15, -0.1) is 0 Å². The molecule has 0 saturated carbocycles. The Kier molecular flexibility index (Phi) is 6.12. The normalized spacial score (nSPS) is 12.4. The molecule has 1 aromatic heterocycles. The van der Waals surface area contributed by atoms with Gasteiger partial charge in [0.25, 0.3) is 0 Å². The maximum atomic E-state index is 14.1. The molecule has 4 aromatic rings. The number of halogens is 3. The number of fused-ring (bicyclic) bond motifs is 1. The number of hydrogen-bond acceptors (Lipinski definition) is 1. The Bertz CT molecular complexity index is 1330. The summed E-state index contributed by atoms with van der Waals surface area (Å²) in [7, 11) is -5.64. The van der Waals surface area contributed by atoms with Gasteiger partial charge in [-0.2, -0.15) is 8.78 Å². The summed E-state index contributed by atoms with van der Waals surface area (Å²) < 4.78 is 41.5. The second-order valence-corrected chi connectivity index (χ2v) is 10.4. The molecule has 0 fully saturated rings. The molecule has 0 aliphatic carbocycles. The lowest BCUT2D eigenvalue weighted by Crippen LogP contribution is -2.14. The van der Waals surface area contributed by atoms with E-state index in [0.717, 1.165) is 34.5 Å². The summed E-state index contributed by atoms with van der Waals surface area (Å²) in [4.78, 5) is 18.1. The SMILES string of the molecule is Cc1ccc2c(c1)c(Cc1ccccc1)cn2Cc1ccc(C(F)(F)P(=O)(O)O)c(Br)c1. The Balaban J connectivity index is 1.71. The van der Waals surface area contributed by atoms with Crippen LogP contribution >= 0.6 is 23.5 Å². The quantitative estimate of drug-likeness (QED) is 0.283. The van der Waals surface area contributed by atoms with E-state index < -0.39 is 18.8 Å². The number of aryl methyl sites for hydroxylation is 1. The zero-order valence-corrected chi connectivity index (χ0v) is 19.7. The molecule has 2 N–H and O–H groups in total. The molecule has 0 saturated heterocycles. The van der Waals surface area contributed by atoms with E-state index >= 15 is 0 Å². The molecular formula is C24H21BrF2NO3P. The number of alkyl halides is 2. The summed E-state index contributed by atoms with van der Waals surface area (Å²) in [6, 6.07) is 20.4. The molecule has 4 nitrogen and oxygen atoms in total. The van der Waals surface area contributed by atoms with Crippen LogP contribution in [-0.4, -0.2) is 14.4 Å². The lowest BCUT2D eigenvalue weighted by Gasteiger charge is -2.19. The van der Waals surface area contributed by atoms with E-state index in [2.05, 4.69) is 44.9 Å². The van der Waals surface area contributed by atoms with Crippen molar-refractivity contribution in [1.82, 2.24) is 4.57 Å². The van der Waals surface area contributed by atoms with E-state index in [1.165, 1.54) is 23.3 Å². The van der Waals surface area contributed by atoms with E-state index in [9.17, 15) is 13.3 Å².